The Morgan fingerprint density at radius 1 is 0.846 bits per heavy atom. The summed E-state index contributed by atoms with van der Waals surface area (Å²) in [7, 11) is 0. The van der Waals surface area contributed by atoms with E-state index in [-0.39, 0.29) is 5.56 Å². The predicted molar refractivity (Wildman–Crippen MR) is 45.0 cm³/mol. The van der Waals surface area contributed by atoms with E-state index in [0.717, 1.165) is 6.07 Å². The van der Waals surface area contributed by atoms with Crippen molar-refractivity contribution in [3.8, 4) is 0 Å². The average molecular weight is 188 g/mol. The van der Waals surface area contributed by atoms with E-state index < -0.39 is 22.9 Å². The average Bonchev–Trinajstić information content (AvgIpc) is 1.94. The summed E-state index contributed by atoms with van der Waals surface area (Å²) < 4.78 is 38.4. The third kappa shape index (κ3) is 2.02. The molecular formula is C10H11F3. The monoisotopic (exact) mass is 188 g/mol. The molecule has 0 heterocycles. The molecular weight excluding hydrogens is 177 g/mol. The van der Waals surface area contributed by atoms with Crippen LogP contribution in [-0.2, 0) is 5.41 Å². The maximum absolute atomic E-state index is 13.1. The minimum Gasteiger partial charge on any atom is -0.207 e. The molecule has 0 fully saturated rings. The molecule has 0 unspecified atom stereocenters. The lowest BCUT2D eigenvalue weighted by Gasteiger charge is -2.19. The van der Waals surface area contributed by atoms with Gasteiger partial charge in [-0.05, 0) is 17.0 Å². The van der Waals surface area contributed by atoms with Gasteiger partial charge in [-0.2, -0.15) is 0 Å². The molecule has 1 aromatic rings. The van der Waals surface area contributed by atoms with Gasteiger partial charge in [0.2, 0.25) is 0 Å². The molecule has 0 saturated carbocycles. The molecule has 1 rings (SSSR count). The van der Waals surface area contributed by atoms with Gasteiger partial charge in [-0.15, -0.1) is 0 Å². The van der Waals surface area contributed by atoms with E-state index in [0.29, 0.717) is 6.07 Å². The Kier molecular flexibility index (Phi) is 2.37. The Bertz CT molecular complexity index is 324. The van der Waals surface area contributed by atoms with Crippen molar-refractivity contribution in [2.24, 2.45) is 0 Å². The SMILES string of the molecule is CC(C)(C)c1cc(F)c(F)cc1F. The van der Waals surface area contributed by atoms with Gasteiger partial charge in [-0.25, -0.2) is 13.2 Å². The van der Waals surface area contributed by atoms with E-state index in [9.17, 15) is 13.2 Å². The second-order valence-corrected chi connectivity index (χ2v) is 4.00. The van der Waals surface area contributed by atoms with Gasteiger partial charge in [0.15, 0.2) is 11.6 Å². The van der Waals surface area contributed by atoms with Crippen LogP contribution in [0.2, 0.25) is 0 Å². The van der Waals surface area contributed by atoms with Crippen molar-refractivity contribution >= 4 is 0 Å². The summed E-state index contributed by atoms with van der Waals surface area (Å²) in [6.07, 6.45) is 0. The molecule has 0 spiro atoms. The van der Waals surface area contributed by atoms with Crippen LogP contribution in [0.15, 0.2) is 12.1 Å². The summed E-state index contributed by atoms with van der Waals surface area (Å²) in [5.41, 5.74) is -0.329. The Labute approximate surface area is 75.4 Å². The molecule has 0 nitrogen and oxygen atoms in total. The molecule has 0 aliphatic heterocycles. The number of hydrogen-bond acceptors (Lipinski definition) is 0. The van der Waals surface area contributed by atoms with Gasteiger partial charge >= 0.3 is 0 Å². The van der Waals surface area contributed by atoms with E-state index in [2.05, 4.69) is 0 Å². The van der Waals surface area contributed by atoms with Gasteiger partial charge in [0, 0.05) is 6.07 Å². The zero-order chi connectivity index (χ0) is 10.2. The van der Waals surface area contributed by atoms with E-state index in [1.165, 1.54) is 0 Å². The number of hydrogen-bond donors (Lipinski definition) is 0. The van der Waals surface area contributed by atoms with Crippen LogP contribution < -0.4 is 0 Å². The maximum atomic E-state index is 13.1. The van der Waals surface area contributed by atoms with Crippen molar-refractivity contribution in [2.75, 3.05) is 0 Å². The van der Waals surface area contributed by atoms with Crippen LogP contribution in [0.3, 0.4) is 0 Å². The van der Waals surface area contributed by atoms with Crippen molar-refractivity contribution in [1.29, 1.82) is 0 Å². The lowest BCUT2D eigenvalue weighted by molar-refractivity contribution is 0.468. The summed E-state index contributed by atoms with van der Waals surface area (Å²) >= 11 is 0. The van der Waals surface area contributed by atoms with Gasteiger partial charge in [0.05, 0.1) is 0 Å². The van der Waals surface area contributed by atoms with Gasteiger partial charge in [0.1, 0.15) is 5.82 Å². The molecule has 1 aromatic carbocycles. The smallest absolute Gasteiger partial charge is 0.161 e. The zero-order valence-corrected chi connectivity index (χ0v) is 7.79. The quantitative estimate of drug-likeness (QED) is 0.547. The molecule has 0 saturated heterocycles. The maximum Gasteiger partial charge on any atom is 0.161 e. The molecule has 13 heavy (non-hydrogen) atoms. The molecule has 0 N–H and O–H groups in total. The first-order valence-corrected chi connectivity index (χ1v) is 3.97. The highest BCUT2D eigenvalue weighted by atomic mass is 19.2. The summed E-state index contributed by atoms with van der Waals surface area (Å²) in [4.78, 5) is 0. The second kappa shape index (κ2) is 3.05. The first-order chi connectivity index (χ1) is 5.82. The van der Waals surface area contributed by atoms with Crippen LogP contribution >= 0.6 is 0 Å². The first kappa shape index (κ1) is 10.1. The topological polar surface area (TPSA) is 0 Å². The van der Waals surface area contributed by atoms with Gasteiger partial charge in [-0.3, -0.25) is 0 Å². The second-order valence-electron chi connectivity index (χ2n) is 4.00. The van der Waals surface area contributed by atoms with Crippen LogP contribution in [-0.4, -0.2) is 0 Å². The molecule has 0 amide bonds. The van der Waals surface area contributed by atoms with Crippen LogP contribution in [0, 0.1) is 17.5 Å². The Hall–Kier alpha value is -0.990. The minimum atomic E-state index is -1.15. The molecule has 3 heteroatoms. The van der Waals surface area contributed by atoms with Crippen molar-refractivity contribution in [1.82, 2.24) is 0 Å². The van der Waals surface area contributed by atoms with Crippen LogP contribution in [0.1, 0.15) is 26.3 Å². The number of benzene rings is 1. The summed E-state index contributed by atoms with van der Waals surface area (Å²) in [5.74, 6) is -2.86. The fourth-order valence-electron chi connectivity index (χ4n) is 1.10. The van der Waals surface area contributed by atoms with Crippen LogP contribution in [0.25, 0.3) is 0 Å². The van der Waals surface area contributed by atoms with Crippen LogP contribution in [0.4, 0.5) is 13.2 Å². The predicted octanol–water partition coefficient (Wildman–Crippen LogP) is 3.40. The van der Waals surface area contributed by atoms with E-state index >= 15 is 0 Å². The Morgan fingerprint density at radius 2 is 1.31 bits per heavy atom. The van der Waals surface area contributed by atoms with Crippen LogP contribution in [0.5, 0.6) is 0 Å². The molecule has 0 bridgehead atoms. The lowest BCUT2D eigenvalue weighted by Crippen LogP contribution is -2.14. The molecule has 72 valence electrons. The Morgan fingerprint density at radius 3 is 1.77 bits per heavy atom. The normalized spacial score (nSPS) is 11.8. The molecule has 0 atom stereocenters. The van der Waals surface area contributed by atoms with Gasteiger partial charge in [0.25, 0.3) is 0 Å². The van der Waals surface area contributed by atoms with E-state index in [1.54, 1.807) is 20.8 Å². The third-order valence-electron chi connectivity index (χ3n) is 1.82. The van der Waals surface area contributed by atoms with Gasteiger partial charge in [-0.1, -0.05) is 20.8 Å². The lowest BCUT2D eigenvalue weighted by atomic mass is 9.86. The standard InChI is InChI=1S/C10H11F3/c1-10(2,3)6-4-8(12)9(13)5-7(6)11/h4-5H,1-3H3. The fraction of sp³-hybridized carbons (Fsp3) is 0.400. The molecule has 0 aliphatic carbocycles. The fourth-order valence-corrected chi connectivity index (χ4v) is 1.10. The summed E-state index contributed by atoms with van der Waals surface area (Å²) in [6, 6.07) is 1.49. The zero-order valence-electron chi connectivity index (χ0n) is 7.79. The highest BCUT2D eigenvalue weighted by molar-refractivity contribution is 5.26. The van der Waals surface area contributed by atoms with Crippen molar-refractivity contribution in [3.63, 3.8) is 0 Å². The molecule has 0 aliphatic rings. The number of rotatable bonds is 0. The largest absolute Gasteiger partial charge is 0.207 e. The van der Waals surface area contributed by atoms with E-state index in [1.807, 2.05) is 0 Å². The first-order valence-electron chi connectivity index (χ1n) is 3.97. The van der Waals surface area contributed by atoms with Crippen molar-refractivity contribution in [2.45, 2.75) is 26.2 Å². The van der Waals surface area contributed by atoms with Gasteiger partial charge < -0.3 is 0 Å². The third-order valence-corrected chi connectivity index (χ3v) is 1.82. The number of halogens is 3. The highest BCUT2D eigenvalue weighted by Crippen LogP contribution is 2.26. The summed E-state index contributed by atoms with van der Waals surface area (Å²) in [5, 5.41) is 0. The van der Waals surface area contributed by atoms with Crippen molar-refractivity contribution in [3.05, 3.63) is 35.1 Å². The van der Waals surface area contributed by atoms with Crippen molar-refractivity contribution < 1.29 is 13.2 Å². The molecule has 0 radical (unpaired) electrons. The minimum absolute atomic E-state index is 0.186. The molecule has 0 aromatic heterocycles. The highest BCUT2D eigenvalue weighted by Gasteiger charge is 2.20. The Balaban J connectivity index is 3.32. The summed E-state index contributed by atoms with van der Waals surface area (Å²) in [6.45, 7) is 5.22. The van der Waals surface area contributed by atoms with E-state index in [4.69, 9.17) is 0 Å².